The zero-order valence-corrected chi connectivity index (χ0v) is 10.2. The molecule has 1 aromatic rings. The molecule has 0 radical (unpaired) electrons. The molecule has 0 N–H and O–H groups in total. The molecule has 1 unspecified atom stereocenters. The van der Waals surface area contributed by atoms with Gasteiger partial charge >= 0.3 is 5.97 Å². The van der Waals surface area contributed by atoms with E-state index < -0.39 is 0 Å². The lowest BCUT2D eigenvalue weighted by Crippen LogP contribution is -2.16. The molecule has 0 aliphatic heterocycles. The Morgan fingerprint density at radius 3 is 2.81 bits per heavy atom. The van der Waals surface area contributed by atoms with Gasteiger partial charge in [-0.3, -0.25) is 4.79 Å². The molecule has 86 valence electrons. The van der Waals surface area contributed by atoms with Crippen LogP contribution >= 0.6 is 0 Å². The summed E-state index contributed by atoms with van der Waals surface area (Å²) in [6.07, 6.45) is 3.14. The maximum absolute atomic E-state index is 11.1. The molecule has 0 aromatic heterocycles. The normalized spacial score (nSPS) is 19.1. The van der Waals surface area contributed by atoms with Crippen LogP contribution in [-0.2, 0) is 16.0 Å². The fraction of sp³-hybridized carbons (Fsp3) is 0.500. The highest BCUT2D eigenvalue weighted by Crippen LogP contribution is 2.35. The summed E-state index contributed by atoms with van der Waals surface area (Å²) in [5.74, 6) is -0.183. The van der Waals surface area contributed by atoms with Gasteiger partial charge in [0.1, 0.15) is 6.10 Å². The third-order valence-corrected chi connectivity index (χ3v) is 3.20. The number of benzene rings is 1. The summed E-state index contributed by atoms with van der Waals surface area (Å²) >= 11 is 0. The van der Waals surface area contributed by atoms with Crippen molar-refractivity contribution < 1.29 is 9.53 Å². The van der Waals surface area contributed by atoms with Crippen molar-refractivity contribution in [2.75, 3.05) is 0 Å². The van der Waals surface area contributed by atoms with E-state index in [2.05, 4.69) is 26.0 Å². The van der Waals surface area contributed by atoms with E-state index in [1.54, 1.807) is 0 Å². The molecule has 0 fully saturated rings. The fourth-order valence-electron chi connectivity index (χ4n) is 2.60. The van der Waals surface area contributed by atoms with Crippen molar-refractivity contribution in [3.63, 3.8) is 0 Å². The van der Waals surface area contributed by atoms with E-state index in [9.17, 15) is 4.79 Å². The van der Waals surface area contributed by atoms with Gasteiger partial charge in [-0.2, -0.15) is 0 Å². The molecule has 1 aliphatic rings. The molecule has 1 aliphatic carbocycles. The van der Waals surface area contributed by atoms with E-state index in [0.29, 0.717) is 0 Å². The number of ether oxygens (including phenoxy) is 1. The van der Waals surface area contributed by atoms with Crippen LogP contribution in [0.5, 0.6) is 0 Å². The largest absolute Gasteiger partial charge is 0.458 e. The maximum atomic E-state index is 11.1. The fourth-order valence-corrected chi connectivity index (χ4v) is 2.60. The molecule has 1 atom stereocenters. The summed E-state index contributed by atoms with van der Waals surface area (Å²) in [7, 11) is 0. The van der Waals surface area contributed by atoms with Crippen molar-refractivity contribution in [1.29, 1.82) is 0 Å². The first kappa shape index (κ1) is 11.2. The van der Waals surface area contributed by atoms with Gasteiger partial charge in [0.2, 0.25) is 0 Å². The van der Waals surface area contributed by atoms with E-state index in [0.717, 1.165) is 19.3 Å². The second kappa shape index (κ2) is 4.28. The monoisotopic (exact) mass is 218 g/mol. The predicted molar refractivity (Wildman–Crippen MR) is 63.4 cm³/mol. The van der Waals surface area contributed by atoms with Gasteiger partial charge < -0.3 is 4.74 Å². The van der Waals surface area contributed by atoms with Crippen LogP contribution in [0.15, 0.2) is 12.1 Å². The standard InChI is InChI=1S/C14H18O2/c1-9-7-10(2)12-5-4-6-14(13(12)8-9)16-11(3)15/h7-8,14H,4-6H2,1-3H3. The molecule has 1 aromatic carbocycles. The maximum Gasteiger partial charge on any atom is 0.303 e. The number of hydrogen-bond donors (Lipinski definition) is 0. The molecular weight excluding hydrogens is 200 g/mol. The third kappa shape index (κ3) is 2.11. The summed E-state index contributed by atoms with van der Waals surface area (Å²) in [5.41, 5.74) is 5.17. The van der Waals surface area contributed by atoms with Gasteiger partial charge in [0.05, 0.1) is 0 Å². The predicted octanol–water partition coefficient (Wildman–Crippen LogP) is 3.24. The van der Waals surface area contributed by atoms with Crippen LogP contribution < -0.4 is 0 Å². The first-order valence-corrected chi connectivity index (χ1v) is 5.85. The van der Waals surface area contributed by atoms with Gasteiger partial charge in [-0.15, -0.1) is 0 Å². The van der Waals surface area contributed by atoms with Gasteiger partial charge in [0.25, 0.3) is 0 Å². The number of carbonyl (C=O) groups is 1. The van der Waals surface area contributed by atoms with Crippen molar-refractivity contribution in [2.45, 2.75) is 46.1 Å². The lowest BCUT2D eigenvalue weighted by atomic mass is 9.85. The molecule has 0 spiro atoms. The minimum atomic E-state index is -0.183. The molecule has 2 heteroatoms. The highest BCUT2D eigenvalue weighted by molar-refractivity contribution is 5.66. The second-order valence-electron chi connectivity index (χ2n) is 4.64. The number of aryl methyl sites for hydroxylation is 2. The van der Waals surface area contributed by atoms with Crippen LogP contribution in [0, 0.1) is 13.8 Å². The van der Waals surface area contributed by atoms with Gasteiger partial charge in [0.15, 0.2) is 0 Å². The Hall–Kier alpha value is -1.31. The van der Waals surface area contributed by atoms with Crippen molar-refractivity contribution in [3.8, 4) is 0 Å². The van der Waals surface area contributed by atoms with Crippen molar-refractivity contribution in [1.82, 2.24) is 0 Å². The van der Waals surface area contributed by atoms with Gasteiger partial charge in [-0.25, -0.2) is 0 Å². The van der Waals surface area contributed by atoms with E-state index in [1.165, 1.54) is 29.2 Å². The summed E-state index contributed by atoms with van der Waals surface area (Å²) < 4.78 is 5.39. The number of fused-ring (bicyclic) bond motifs is 1. The van der Waals surface area contributed by atoms with Crippen LogP contribution in [0.4, 0.5) is 0 Å². The summed E-state index contributed by atoms with van der Waals surface area (Å²) in [5, 5.41) is 0. The molecule has 0 bridgehead atoms. The van der Waals surface area contributed by atoms with Gasteiger partial charge in [-0.1, -0.05) is 17.7 Å². The average Bonchev–Trinajstić information content (AvgIpc) is 2.18. The molecule has 2 nitrogen and oxygen atoms in total. The van der Waals surface area contributed by atoms with Crippen LogP contribution in [0.3, 0.4) is 0 Å². The number of rotatable bonds is 1. The van der Waals surface area contributed by atoms with Crippen molar-refractivity contribution in [3.05, 3.63) is 34.4 Å². The lowest BCUT2D eigenvalue weighted by Gasteiger charge is -2.26. The summed E-state index contributed by atoms with van der Waals surface area (Å²) in [6, 6.07) is 4.37. The first-order valence-electron chi connectivity index (χ1n) is 5.85. The van der Waals surface area contributed by atoms with Crippen LogP contribution in [-0.4, -0.2) is 5.97 Å². The lowest BCUT2D eigenvalue weighted by molar-refractivity contribution is -0.147. The quantitative estimate of drug-likeness (QED) is 0.676. The average molecular weight is 218 g/mol. The van der Waals surface area contributed by atoms with Gasteiger partial charge in [-0.05, 0) is 49.8 Å². The molecule has 0 saturated carbocycles. The highest BCUT2D eigenvalue weighted by Gasteiger charge is 2.23. The van der Waals surface area contributed by atoms with Crippen molar-refractivity contribution >= 4 is 5.97 Å². The Kier molecular flexibility index (Phi) is 2.99. The van der Waals surface area contributed by atoms with E-state index >= 15 is 0 Å². The smallest absolute Gasteiger partial charge is 0.303 e. The Morgan fingerprint density at radius 1 is 1.38 bits per heavy atom. The van der Waals surface area contributed by atoms with E-state index in [1.807, 2.05) is 0 Å². The Morgan fingerprint density at radius 2 is 2.12 bits per heavy atom. The third-order valence-electron chi connectivity index (χ3n) is 3.20. The zero-order valence-electron chi connectivity index (χ0n) is 10.2. The highest BCUT2D eigenvalue weighted by atomic mass is 16.5. The topological polar surface area (TPSA) is 26.3 Å². The second-order valence-corrected chi connectivity index (χ2v) is 4.64. The molecule has 0 saturated heterocycles. The van der Waals surface area contributed by atoms with E-state index in [-0.39, 0.29) is 12.1 Å². The van der Waals surface area contributed by atoms with E-state index in [4.69, 9.17) is 4.74 Å². The Balaban J connectivity index is 2.41. The van der Waals surface area contributed by atoms with Crippen molar-refractivity contribution in [2.24, 2.45) is 0 Å². The molecule has 0 amide bonds. The van der Waals surface area contributed by atoms with Gasteiger partial charge in [0, 0.05) is 6.92 Å². The van der Waals surface area contributed by atoms with Crippen LogP contribution in [0.25, 0.3) is 0 Å². The molecule has 0 heterocycles. The SMILES string of the molecule is CC(=O)OC1CCCc2c(C)cc(C)cc21. The minimum absolute atomic E-state index is 0.0279. The van der Waals surface area contributed by atoms with Crippen LogP contribution in [0.2, 0.25) is 0 Å². The molecular formula is C14H18O2. The summed E-state index contributed by atoms with van der Waals surface area (Å²) in [6.45, 7) is 5.71. The number of carbonyl (C=O) groups excluding carboxylic acids is 1. The molecule has 16 heavy (non-hydrogen) atoms. The summed E-state index contributed by atoms with van der Waals surface area (Å²) in [4.78, 5) is 11.1. The zero-order chi connectivity index (χ0) is 11.7. The number of esters is 1. The Bertz CT molecular complexity index is 421. The number of hydrogen-bond acceptors (Lipinski definition) is 2. The first-order chi connectivity index (χ1) is 7.58. The van der Waals surface area contributed by atoms with Crippen LogP contribution in [0.1, 0.15) is 48.1 Å². The molecule has 2 rings (SSSR count). The Labute approximate surface area is 96.6 Å². The minimum Gasteiger partial charge on any atom is -0.458 e.